The molecule has 0 radical (unpaired) electrons. The van der Waals surface area contributed by atoms with Crippen LogP contribution in [0, 0.1) is 0 Å². The van der Waals surface area contributed by atoms with Crippen LogP contribution in [0.25, 0.3) is 28.2 Å². The maximum Gasteiger partial charge on any atom is 0.318 e. The van der Waals surface area contributed by atoms with Crippen molar-refractivity contribution < 1.29 is 9.42 Å². The van der Waals surface area contributed by atoms with E-state index in [1.165, 1.54) is 0 Å². The molecule has 0 aliphatic rings. The van der Waals surface area contributed by atoms with Crippen molar-refractivity contribution in [3.05, 3.63) is 42.7 Å². The fourth-order valence-corrected chi connectivity index (χ4v) is 2.59. The maximum absolute atomic E-state index is 11.4. The summed E-state index contributed by atoms with van der Waals surface area (Å²) in [6, 6.07) is 8.81. The predicted molar refractivity (Wildman–Crippen MR) is 94.6 cm³/mol. The number of amides is 2. The normalized spacial score (nSPS) is 10.8. The lowest BCUT2D eigenvalue weighted by Crippen LogP contribution is -2.24. The van der Waals surface area contributed by atoms with Gasteiger partial charge >= 0.3 is 6.03 Å². The highest BCUT2D eigenvalue weighted by molar-refractivity contribution is 5.89. The molecular weight excluding hydrogens is 336 g/mol. The van der Waals surface area contributed by atoms with Gasteiger partial charge in [-0.3, -0.25) is 9.55 Å². The van der Waals surface area contributed by atoms with E-state index in [9.17, 15) is 4.79 Å². The third-order valence-electron chi connectivity index (χ3n) is 3.79. The van der Waals surface area contributed by atoms with E-state index in [2.05, 4.69) is 30.9 Å². The average molecular weight is 350 g/mol. The smallest absolute Gasteiger partial charge is 0.318 e. The molecule has 0 aliphatic heterocycles. The quantitative estimate of drug-likeness (QED) is 0.512. The molecule has 4 aromatic rings. The minimum absolute atomic E-state index is 0.146. The molecule has 0 saturated heterocycles. The van der Waals surface area contributed by atoms with Crippen molar-refractivity contribution in [1.82, 2.24) is 30.2 Å². The van der Waals surface area contributed by atoms with Gasteiger partial charge in [0.1, 0.15) is 5.52 Å². The van der Waals surface area contributed by atoms with Gasteiger partial charge in [-0.15, -0.1) is 0 Å². The Hall–Kier alpha value is -3.95. The van der Waals surface area contributed by atoms with Crippen LogP contribution in [-0.4, -0.2) is 37.9 Å². The van der Waals surface area contributed by atoms with Gasteiger partial charge in [-0.2, -0.15) is 0 Å². The zero-order chi connectivity index (χ0) is 18.1. The molecule has 0 spiro atoms. The Labute approximate surface area is 147 Å². The molecule has 10 heteroatoms. The lowest BCUT2D eigenvalue weighted by molar-refractivity contribution is 0.254. The van der Waals surface area contributed by atoms with Crippen LogP contribution in [0.2, 0.25) is 0 Å². The molecular formula is C16H14N8O2. The number of nitrogens with one attached hydrogen (secondary N) is 2. The number of carbonyl (C=O) groups excluding carboxylic acids is 1. The highest BCUT2D eigenvalue weighted by atomic mass is 16.6. The first-order valence-electron chi connectivity index (χ1n) is 7.67. The largest absolute Gasteiger partial charge is 0.379 e. The Morgan fingerprint density at radius 3 is 2.69 bits per heavy atom. The van der Waals surface area contributed by atoms with Crippen molar-refractivity contribution in [3.8, 4) is 17.2 Å². The van der Waals surface area contributed by atoms with Crippen molar-refractivity contribution in [2.24, 2.45) is 0 Å². The topological polar surface area (TPSA) is 137 Å². The predicted octanol–water partition coefficient (Wildman–Crippen LogP) is 1.80. The van der Waals surface area contributed by atoms with Gasteiger partial charge in [-0.1, -0.05) is 0 Å². The molecule has 3 aromatic heterocycles. The lowest BCUT2D eigenvalue weighted by atomic mass is 10.2. The van der Waals surface area contributed by atoms with E-state index >= 15 is 0 Å². The SMILES string of the molecule is CNC(=O)Nc1ccc(-n2c(-c3nonc3N)nc3cnccc32)cc1. The van der Waals surface area contributed by atoms with E-state index in [1.807, 2.05) is 22.8 Å². The summed E-state index contributed by atoms with van der Waals surface area (Å²) in [4.78, 5) is 20.1. The van der Waals surface area contributed by atoms with Crippen LogP contribution in [-0.2, 0) is 0 Å². The zero-order valence-corrected chi connectivity index (χ0v) is 13.7. The number of benzene rings is 1. The Morgan fingerprint density at radius 2 is 2.00 bits per heavy atom. The first-order valence-corrected chi connectivity index (χ1v) is 7.67. The molecule has 4 N–H and O–H groups in total. The summed E-state index contributed by atoms with van der Waals surface area (Å²) in [5.41, 5.74) is 9.15. The molecule has 0 aliphatic carbocycles. The number of aromatic nitrogens is 5. The summed E-state index contributed by atoms with van der Waals surface area (Å²) in [5.74, 6) is 0.631. The Bertz CT molecular complexity index is 1080. The van der Waals surface area contributed by atoms with Crippen LogP contribution in [0.3, 0.4) is 0 Å². The minimum Gasteiger partial charge on any atom is -0.379 e. The van der Waals surface area contributed by atoms with Crippen molar-refractivity contribution in [2.75, 3.05) is 18.1 Å². The van der Waals surface area contributed by atoms with E-state index in [0.29, 0.717) is 22.7 Å². The number of imidazole rings is 1. The molecule has 0 fully saturated rings. The number of nitrogen functional groups attached to an aromatic ring is 1. The monoisotopic (exact) mass is 350 g/mol. The molecule has 0 unspecified atom stereocenters. The van der Waals surface area contributed by atoms with Gasteiger partial charge in [0, 0.05) is 24.6 Å². The van der Waals surface area contributed by atoms with Crippen LogP contribution in [0.1, 0.15) is 0 Å². The third-order valence-corrected chi connectivity index (χ3v) is 3.79. The molecule has 130 valence electrons. The first-order chi connectivity index (χ1) is 12.7. The van der Waals surface area contributed by atoms with E-state index < -0.39 is 0 Å². The number of anilines is 2. The van der Waals surface area contributed by atoms with E-state index in [-0.39, 0.29) is 11.8 Å². The van der Waals surface area contributed by atoms with E-state index in [0.717, 1.165) is 11.2 Å². The summed E-state index contributed by atoms with van der Waals surface area (Å²) in [5, 5.41) is 12.7. The average Bonchev–Trinajstić information content (AvgIpc) is 3.25. The molecule has 26 heavy (non-hydrogen) atoms. The Morgan fingerprint density at radius 1 is 1.19 bits per heavy atom. The lowest BCUT2D eigenvalue weighted by Gasteiger charge is -2.10. The number of nitrogens with two attached hydrogens (primary N) is 1. The van der Waals surface area contributed by atoms with Crippen molar-refractivity contribution >= 4 is 28.6 Å². The van der Waals surface area contributed by atoms with Gasteiger partial charge in [-0.05, 0) is 40.6 Å². The zero-order valence-electron chi connectivity index (χ0n) is 13.7. The minimum atomic E-state index is -0.293. The molecule has 2 amide bonds. The number of hydrogen-bond acceptors (Lipinski definition) is 7. The standard InChI is InChI=1S/C16H14N8O2/c1-18-16(25)20-9-2-4-10(5-3-9)24-12-6-7-19-8-11(12)21-15(24)13-14(17)23-26-22-13/h2-8H,1H3,(H2,17,23)(H2,18,20,25). The van der Waals surface area contributed by atoms with E-state index in [1.54, 1.807) is 31.6 Å². The van der Waals surface area contributed by atoms with Gasteiger partial charge in [-0.25, -0.2) is 14.4 Å². The highest BCUT2D eigenvalue weighted by Crippen LogP contribution is 2.29. The number of nitrogens with zero attached hydrogens (tertiary/aromatic N) is 5. The summed E-state index contributed by atoms with van der Waals surface area (Å²) in [6.07, 6.45) is 3.33. The molecule has 4 rings (SSSR count). The van der Waals surface area contributed by atoms with Gasteiger partial charge in [0.25, 0.3) is 0 Å². The molecule has 0 bridgehead atoms. The van der Waals surface area contributed by atoms with Crippen LogP contribution in [0.15, 0.2) is 47.4 Å². The molecule has 0 saturated carbocycles. The molecule has 3 heterocycles. The molecule has 0 atom stereocenters. The fourth-order valence-electron chi connectivity index (χ4n) is 2.59. The summed E-state index contributed by atoms with van der Waals surface area (Å²) >= 11 is 0. The van der Waals surface area contributed by atoms with Crippen LogP contribution in [0.4, 0.5) is 16.3 Å². The van der Waals surface area contributed by atoms with Crippen molar-refractivity contribution in [1.29, 1.82) is 0 Å². The number of pyridine rings is 1. The first kappa shape index (κ1) is 15.6. The number of hydrogen-bond donors (Lipinski definition) is 3. The van der Waals surface area contributed by atoms with Crippen LogP contribution < -0.4 is 16.4 Å². The number of urea groups is 1. The number of fused-ring (bicyclic) bond motifs is 1. The van der Waals surface area contributed by atoms with Crippen LogP contribution >= 0.6 is 0 Å². The number of carbonyl (C=O) groups is 1. The Balaban J connectivity index is 1.85. The van der Waals surface area contributed by atoms with E-state index in [4.69, 9.17) is 10.4 Å². The second-order valence-corrected chi connectivity index (χ2v) is 5.38. The summed E-state index contributed by atoms with van der Waals surface area (Å²) < 4.78 is 6.58. The summed E-state index contributed by atoms with van der Waals surface area (Å²) in [6.45, 7) is 0. The maximum atomic E-state index is 11.4. The Kier molecular flexibility index (Phi) is 3.69. The number of rotatable bonds is 3. The van der Waals surface area contributed by atoms with Crippen molar-refractivity contribution in [3.63, 3.8) is 0 Å². The summed E-state index contributed by atoms with van der Waals surface area (Å²) in [7, 11) is 1.55. The van der Waals surface area contributed by atoms with Gasteiger partial charge in [0.2, 0.25) is 0 Å². The van der Waals surface area contributed by atoms with Crippen molar-refractivity contribution in [2.45, 2.75) is 0 Å². The fraction of sp³-hybridized carbons (Fsp3) is 0.0625. The van der Waals surface area contributed by atoms with Gasteiger partial charge in [0.05, 0.1) is 11.7 Å². The van der Waals surface area contributed by atoms with Gasteiger partial charge < -0.3 is 16.4 Å². The second kappa shape index (κ2) is 6.16. The molecule has 1 aromatic carbocycles. The van der Waals surface area contributed by atoms with Gasteiger partial charge in [0.15, 0.2) is 17.3 Å². The molecule has 10 nitrogen and oxygen atoms in total. The second-order valence-electron chi connectivity index (χ2n) is 5.38. The van der Waals surface area contributed by atoms with Crippen LogP contribution in [0.5, 0.6) is 0 Å². The third kappa shape index (κ3) is 2.59. The highest BCUT2D eigenvalue weighted by Gasteiger charge is 2.20.